The van der Waals surface area contributed by atoms with Crippen molar-refractivity contribution < 1.29 is 9.53 Å². The average molecular weight is 375 g/mol. The SMILES string of the molecule is CC[C@H]1CC2CN3CCc4c([nH]c5ccccc45)[C@](C(=O)OC)(C2)C13.Cl. The van der Waals surface area contributed by atoms with Crippen LogP contribution in [0.3, 0.4) is 0 Å². The van der Waals surface area contributed by atoms with Crippen LogP contribution in [0.1, 0.15) is 37.4 Å². The second kappa shape index (κ2) is 6.28. The number of esters is 1. The molecule has 4 aliphatic rings. The number of methoxy groups -OCH3 is 1. The number of H-pyrrole nitrogens is 1. The van der Waals surface area contributed by atoms with Crippen LogP contribution in [0.5, 0.6) is 0 Å². The van der Waals surface area contributed by atoms with Gasteiger partial charge in [0.05, 0.1) is 7.11 Å². The van der Waals surface area contributed by atoms with Gasteiger partial charge in [-0.1, -0.05) is 31.5 Å². The Balaban J connectivity index is 0.00000168. The van der Waals surface area contributed by atoms with E-state index in [0.29, 0.717) is 11.8 Å². The fourth-order valence-corrected chi connectivity index (χ4v) is 6.27. The molecule has 3 unspecified atom stereocenters. The summed E-state index contributed by atoms with van der Waals surface area (Å²) in [5, 5.41) is 1.28. The van der Waals surface area contributed by atoms with Crippen LogP contribution < -0.4 is 0 Å². The molecule has 4 nitrogen and oxygen atoms in total. The van der Waals surface area contributed by atoms with Gasteiger partial charge in [0.25, 0.3) is 0 Å². The summed E-state index contributed by atoms with van der Waals surface area (Å²) in [6.07, 6.45) is 4.33. The predicted octanol–water partition coefficient (Wildman–Crippen LogP) is 3.68. The summed E-state index contributed by atoms with van der Waals surface area (Å²) in [7, 11) is 1.55. The molecule has 1 aliphatic carbocycles. The molecule has 3 aliphatic heterocycles. The van der Waals surface area contributed by atoms with E-state index in [2.05, 4.69) is 41.1 Å². The van der Waals surface area contributed by atoms with Crippen molar-refractivity contribution >= 4 is 29.3 Å². The summed E-state index contributed by atoms with van der Waals surface area (Å²) < 4.78 is 5.43. The molecule has 1 saturated carbocycles. The van der Waals surface area contributed by atoms with Gasteiger partial charge in [0.1, 0.15) is 5.41 Å². The van der Waals surface area contributed by atoms with Gasteiger partial charge in [0, 0.05) is 35.7 Å². The van der Waals surface area contributed by atoms with Crippen LogP contribution >= 0.6 is 12.4 Å². The van der Waals surface area contributed by atoms with Crippen molar-refractivity contribution in [3.8, 4) is 0 Å². The summed E-state index contributed by atoms with van der Waals surface area (Å²) in [5.41, 5.74) is 3.11. The van der Waals surface area contributed by atoms with Crippen LogP contribution in [0.15, 0.2) is 24.3 Å². The molecule has 6 rings (SSSR count). The lowest BCUT2D eigenvalue weighted by molar-refractivity contribution is -0.162. The van der Waals surface area contributed by atoms with Crippen molar-refractivity contribution in [2.45, 2.75) is 44.1 Å². The number of fused-ring (bicyclic) bond motifs is 4. The molecule has 0 spiro atoms. The Morgan fingerprint density at radius 2 is 2.19 bits per heavy atom. The molecule has 0 amide bonds. The number of benzene rings is 1. The molecule has 0 radical (unpaired) electrons. The summed E-state index contributed by atoms with van der Waals surface area (Å²) in [6.45, 7) is 4.46. The van der Waals surface area contributed by atoms with Gasteiger partial charge in [0.2, 0.25) is 0 Å². The molecule has 2 saturated heterocycles. The molecule has 1 N–H and O–H groups in total. The largest absolute Gasteiger partial charge is 0.468 e. The molecule has 5 atom stereocenters. The fraction of sp³-hybridized carbons (Fsp3) is 0.571. The van der Waals surface area contributed by atoms with E-state index in [0.717, 1.165) is 43.6 Å². The summed E-state index contributed by atoms with van der Waals surface area (Å²) >= 11 is 0. The van der Waals surface area contributed by atoms with Crippen molar-refractivity contribution in [1.82, 2.24) is 9.88 Å². The van der Waals surface area contributed by atoms with Gasteiger partial charge in [-0.15, -0.1) is 12.4 Å². The Morgan fingerprint density at radius 1 is 1.38 bits per heavy atom. The first-order chi connectivity index (χ1) is 12.2. The van der Waals surface area contributed by atoms with Gasteiger partial charge < -0.3 is 9.72 Å². The van der Waals surface area contributed by atoms with Crippen LogP contribution in [-0.4, -0.2) is 42.1 Å². The van der Waals surface area contributed by atoms with E-state index in [1.807, 2.05) is 0 Å². The number of piperidine rings is 2. The number of ether oxygens (including phenoxy) is 1. The number of nitrogens with zero attached hydrogens (tertiary/aromatic N) is 1. The number of halogens is 1. The van der Waals surface area contributed by atoms with Gasteiger partial charge in [0.15, 0.2) is 0 Å². The molecular formula is C21H27ClN2O2. The average Bonchev–Trinajstić information content (AvgIpc) is 3.00. The Morgan fingerprint density at radius 3 is 2.96 bits per heavy atom. The molecule has 4 heterocycles. The lowest BCUT2D eigenvalue weighted by atomic mass is 9.56. The van der Waals surface area contributed by atoms with Crippen LogP contribution in [-0.2, 0) is 21.4 Å². The van der Waals surface area contributed by atoms with E-state index < -0.39 is 5.41 Å². The molecule has 140 valence electrons. The third kappa shape index (κ3) is 2.15. The third-order valence-corrected chi connectivity index (χ3v) is 7.07. The number of hydrogen-bond acceptors (Lipinski definition) is 3. The van der Waals surface area contributed by atoms with E-state index in [1.54, 1.807) is 7.11 Å². The molecule has 2 aromatic rings. The molecule has 5 heteroatoms. The maximum atomic E-state index is 13.3. The van der Waals surface area contributed by atoms with E-state index in [4.69, 9.17) is 4.74 Å². The monoisotopic (exact) mass is 374 g/mol. The maximum absolute atomic E-state index is 13.3. The molecule has 1 aromatic heterocycles. The van der Waals surface area contributed by atoms with E-state index in [-0.39, 0.29) is 24.4 Å². The highest BCUT2D eigenvalue weighted by Gasteiger charge is 2.62. The van der Waals surface area contributed by atoms with E-state index >= 15 is 0 Å². The minimum absolute atomic E-state index is 0. The summed E-state index contributed by atoms with van der Waals surface area (Å²) in [5.74, 6) is 1.12. The number of para-hydroxylation sites is 1. The van der Waals surface area contributed by atoms with Gasteiger partial charge in [-0.2, -0.15) is 0 Å². The standard InChI is InChI=1S/C21H26N2O2.ClH/c1-3-14-10-13-11-21(20(24)25-2)18-16(8-9-23(12-13)19(14)21)15-6-4-5-7-17(15)22-18;/h4-7,13-14,19,22H,3,8-12H2,1-2H3;1H/t13?,14-,19?,21+;/m0./s1. The normalized spacial score (nSPS) is 34.7. The Kier molecular flexibility index (Phi) is 4.31. The minimum atomic E-state index is -0.526. The number of aromatic amines is 1. The molecule has 3 fully saturated rings. The maximum Gasteiger partial charge on any atom is 0.319 e. The number of nitrogens with one attached hydrogen (secondary N) is 1. The lowest BCUT2D eigenvalue weighted by Crippen LogP contribution is -2.67. The number of carbonyl (C=O) groups is 1. The number of aromatic nitrogens is 1. The van der Waals surface area contributed by atoms with Crippen LogP contribution in [0.2, 0.25) is 0 Å². The zero-order valence-corrected chi connectivity index (χ0v) is 16.3. The number of carbonyl (C=O) groups excluding carboxylic acids is 1. The minimum Gasteiger partial charge on any atom is -0.468 e. The quantitative estimate of drug-likeness (QED) is 0.815. The lowest BCUT2D eigenvalue weighted by Gasteiger charge is -2.57. The second-order valence-corrected chi connectivity index (χ2v) is 8.15. The van der Waals surface area contributed by atoms with Crippen LogP contribution in [0, 0.1) is 11.8 Å². The van der Waals surface area contributed by atoms with Crippen molar-refractivity contribution in [2.24, 2.45) is 11.8 Å². The van der Waals surface area contributed by atoms with Gasteiger partial charge in [-0.05, 0) is 42.7 Å². The van der Waals surface area contributed by atoms with Crippen LogP contribution in [0.25, 0.3) is 10.9 Å². The predicted molar refractivity (Wildman–Crippen MR) is 105 cm³/mol. The van der Waals surface area contributed by atoms with Crippen LogP contribution in [0.4, 0.5) is 0 Å². The van der Waals surface area contributed by atoms with Crippen molar-refractivity contribution in [3.63, 3.8) is 0 Å². The zero-order chi connectivity index (χ0) is 17.2. The molecule has 26 heavy (non-hydrogen) atoms. The molecule has 1 aromatic carbocycles. The van der Waals surface area contributed by atoms with E-state index in [1.165, 1.54) is 17.4 Å². The first kappa shape index (κ1) is 17.9. The van der Waals surface area contributed by atoms with Crippen molar-refractivity contribution in [3.05, 3.63) is 35.5 Å². The molecule has 4 bridgehead atoms. The summed E-state index contributed by atoms with van der Waals surface area (Å²) in [4.78, 5) is 19.5. The first-order valence-corrected chi connectivity index (χ1v) is 9.61. The van der Waals surface area contributed by atoms with Crippen molar-refractivity contribution in [2.75, 3.05) is 20.2 Å². The fourth-order valence-electron chi connectivity index (χ4n) is 6.27. The first-order valence-electron chi connectivity index (χ1n) is 9.61. The van der Waals surface area contributed by atoms with E-state index in [9.17, 15) is 4.79 Å². The Bertz CT molecular complexity index is 848. The van der Waals surface area contributed by atoms with Crippen molar-refractivity contribution in [1.29, 1.82) is 0 Å². The Hall–Kier alpha value is -1.52. The summed E-state index contributed by atoms with van der Waals surface area (Å²) in [6, 6.07) is 8.75. The zero-order valence-electron chi connectivity index (χ0n) is 15.5. The molecular weight excluding hydrogens is 348 g/mol. The number of rotatable bonds is 2. The highest BCUT2D eigenvalue weighted by atomic mass is 35.5. The van der Waals surface area contributed by atoms with Gasteiger partial charge in [-0.3, -0.25) is 9.69 Å². The second-order valence-electron chi connectivity index (χ2n) is 8.15. The topological polar surface area (TPSA) is 45.3 Å². The van der Waals surface area contributed by atoms with Gasteiger partial charge >= 0.3 is 5.97 Å². The van der Waals surface area contributed by atoms with Gasteiger partial charge in [-0.25, -0.2) is 0 Å². The third-order valence-electron chi connectivity index (χ3n) is 7.07. The number of hydrogen-bond donors (Lipinski definition) is 1. The highest BCUT2D eigenvalue weighted by molar-refractivity contribution is 5.91. The highest BCUT2D eigenvalue weighted by Crippen LogP contribution is 2.55. The Labute approximate surface area is 160 Å². The smallest absolute Gasteiger partial charge is 0.319 e.